The molecule has 0 spiro atoms. The molecule has 2 aliphatic heterocycles. The number of alkyl halides is 3. The van der Waals surface area contributed by atoms with Crippen molar-refractivity contribution < 1.29 is 22.7 Å². The Kier molecular flexibility index (Phi) is 5.52. The van der Waals surface area contributed by atoms with Gasteiger partial charge in [-0.05, 0) is 25.2 Å². The maximum absolute atomic E-state index is 12.7. The number of thiazole rings is 1. The van der Waals surface area contributed by atoms with Gasteiger partial charge in [-0.15, -0.1) is 11.3 Å². The molecule has 0 aromatic carbocycles. The van der Waals surface area contributed by atoms with Gasteiger partial charge in [-0.25, -0.2) is 4.98 Å². The second-order valence-electron chi connectivity index (χ2n) is 6.72. The highest BCUT2D eigenvalue weighted by atomic mass is 32.1. The van der Waals surface area contributed by atoms with Gasteiger partial charge >= 0.3 is 6.18 Å². The van der Waals surface area contributed by atoms with Gasteiger partial charge in [0.1, 0.15) is 0 Å². The zero-order chi connectivity index (χ0) is 18.0. The van der Waals surface area contributed by atoms with Crippen LogP contribution in [-0.2, 0) is 15.7 Å². The van der Waals surface area contributed by atoms with Crippen molar-refractivity contribution in [2.24, 2.45) is 11.8 Å². The smallest absolute Gasteiger partial charge is 0.381 e. The maximum Gasteiger partial charge on any atom is 0.434 e. The van der Waals surface area contributed by atoms with Crippen molar-refractivity contribution in [1.82, 2.24) is 9.88 Å². The molecule has 0 saturated carbocycles. The highest BCUT2D eigenvalue weighted by Crippen LogP contribution is 2.34. The summed E-state index contributed by atoms with van der Waals surface area (Å²) in [7, 11) is 1.82. The Morgan fingerprint density at radius 1 is 1.40 bits per heavy atom. The summed E-state index contributed by atoms with van der Waals surface area (Å²) >= 11 is 1.04. The minimum Gasteiger partial charge on any atom is -0.381 e. The molecular formula is C16H22F3N3O2S. The summed E-state index contributed by atoms with van der Waals surface area (Å²) in [6.07, 6.45) is -1.91. The molecule has 2 fully saturated rings. The highest BCUT2D eigenvalue weighted by molar-refractivity contribution is 7.13. The predicted molar refractivity (Wildman–Crippen MR) is 88.6 cm³/mol. The topological polar surface area (TPSA) is 45.7 Å². The minimum atomic E-state index is -4.39. The Balaban J connectivity index is 1.48. The van der Waals surface area contributed by atoms with E-state index >= 15 is 0 Å². The van der Waals surface area contributed by atoms with Crippen LogP contribution < -0.4 is 4.90 Å². The van der Waals surface area contributed by atoms with Crippen molar-refractivity contribution >= 4 is 22.4 Å². The van der Waals surface area contributed by atoms with Crippen LogP contribution >= 0.6 is 11.3 Å². The maximum atomic E-state index is 12.7. The number of carbonyl (C=O) groups excluding carboxylic acids is 1. The average Bonchev–Trinajstić information content (AvgIpc) is 3.26. The molecule has 2 saturated heterocycles. The van der Waals surface area contributed by atoms with Crippen molar-refractivity contribution in [3.8, 4) is 0 Å². The van der Waals surface area contributed by atoms with Crippen molar-refractivity contribution in [2.75, 3.05) is 44.8 Å². The van der Waals surface area contributed by atoms with Crippen molar-refractivity contribution in [1.29, 1.82) is 0 Å². The zero-order valence-electron chi connectivity index (χ0n) is 14.1. The molecule has 0 N–H and O–H groups in total. The third-order valence-corrected chi connectivity index (χ3v) is 5.76. The van der Waals surface area contributed by atoms with Crippen molar-refractivity contribution in [2.45, 2.75) is 25.4 Å². The molecule has 1 aromatic heterocycles. The van der Waals surface area contributed by atoms with Crippen LogP contribution in [0.1, 0.15) is 25.0 Å². The van der Waals surface area contributed by atoms with E-state index in [2.05, 4.69) is 4.98 Å². The van der Waals surface area contributed by atoms with E-state index < -0.39 is 11.9 Å². The van der Waals surface area contributed by atoms with Gasteiger partial charge in [0.2, 0.25) is 5.91 Å². The molecule has 2 aliphatic rings. The number of piperidine rings is 1. The van der Waals surface area contributed by atoms with Crippen LogP contribution in [0.3, 0.4) is 0 Å². The monoisotopic (exact) mass is 377 g/mol. The molecule has 140 valence electrons. The lowest BCUT2D eigenvalue weighted by Gasteiger charge is -2.34. The largest absolute Gasteiger partial charge is 0.434 e. The molecule has 0 radical (unpaired) electrons. The number of hydrogen-bond donors (Lipinski definition) is 0. The van der Waals surface area contributed by atoms with Crippen LogP contribution in [-0.4, -0.2) is 55.7 Å². The molecule has 9 heteroatoms. The van der Waals surface area contributed by atoms with Gasteiger partial charge in [-0.1, -0.05) is 0 Å². The molecule has 1 aromatic rings. The van der Waals surface area contributed by atoms with Crippen LogP contribution in [0.5, 0.6) is 0 Å². The molecule has 25 heavy (non-hydrogen) atoms. The minimum absolute atomic E-state index is 0.0267. The summed E-state index contributed by atoms with van der Waals surface area (Å²) in [4.78, 5) is 19.7. The molecule has 0 bridgehead atoms. The fraction of sp³-hybridized carbons (Fsp3) is 0.750. The number of amides is 1. The van der Waals surface area contributed by atoms with E-state index in [1.54, 1.807) is 4.90 Å². The normalized spacial score (nSPS) is 22.4. The Hall–Kier alpha value is -1.35. The number of ether oxygens (including phenoxy) is 1. The quantitative estimate of drug-likeness (QED) is 0.810. The molecule has 5 nitrogen and oxygen atoms in total. The Labute approximate surface area is 148 Å². The first-order valence-corrected chi connectivity index (χ1v) is 9.33. The summed E-state index contributed by atoms with van der Waals surface area (Å²) in [5.41, 5.74) is -0.821. The number of hydrogen-bond acceptors (Lipinski definition) is 5. The van der Waals surface area contributed by atoms with Gasteiger partial charge in [0, 0.05) is 38.7 Å². The second kappa shape index (κ2) is 7.49. The van der Waals surface area contributed by atoms with Gasteiger partial charge in [0.25, 0.3) is 0 Å². The number of carbonyl (C=O) groups is 1. The second-order valence-corrected chi connectivity index (χ2v) is 7.56. The van der Waals surface area contributed by atoms with Crippen LogP contribution in [0.25, 0.3) is 0 Å². The molecule has 1 unspecified atom stereocenters. The number of halogens is 3. The van der Waals surface area contributed by atoms with Gasteiger partial charge in [0.05, 0.1) is 12.5 Å². The number of aromatic nitrogens is 1. The Morgan fingerprint density at radius 2 is 2.12 bits per heavy atom. The van der Waals surface area contributed by atoms with Gasteiger partial charge in [-0.3, -0.25) is 4.79 Å². The third kappa shape index (κ3) is 4.44. The summed E-state index contributed by atoms with van der Waals surface area (Å²) < 4.78 is 43.2. The lowest BCUT2D eigenvalue weighted by molar-refractivity contribution is -0.140. The zero-order valence-corrected chi connectivity index (χ0v) is 14.9. The number of anilines is 1. The van der Waals surface area contributed by atoms with E-state index in [4.69, 9.17) is 4.74 Å². The Morgan fingerprint density at radius 3 is 2.68 bits per heavy atom. The van der Waals surface area contributed by atoms with Gasteiger partial charge in [-0.2, -0.15) is 13.2 Å². The number of nitrogens with zero attached hydrogens (tertiary/aromatic N) is 3. The average molecular weight is 377 g/mol. The highest BCUT2D eigenvalue weighted by Gasteiger charge is 2.35. The van der Waals surface area contributed by atoms with E-state index in [-0.39, 0.29) is 11.8 Å². The molecule has 3 heterocycles. The number of rotatable bonds is 4. The molecule has 1 atom stereocenters. The van der Waals surface area contributed by atoms with E-state index in [9.17, 15) is 18.0 Å². The fourth-order valence-electron chi connectivity index (χ4n) is 3.36. The molecular weight excluding hydrogens is 355 g/mol. The lowest BCUT2D eigenvalue weighted by Crippen LogP contribution is -2.41. The van der Waals surface area contributed by atoms with Crippen LogP contribution in [0.2, 0.25) is 0 Å². The summed E-state index contributed by atoms with van der Waals surface area (Å²) in [5.74, 6) is 0.477. The van der Waals surface area contributed by atoms with Gasteiger partial charge in [0.15, 0.2) is 10.8 Å². The van der Waals surface area contributed by atoms with E-state index in [0.717, 1.165) is 36.0 Å². The third-order valence-electron chi connectivity index (χ3n) is 4.85. The van der Waals surface area contributed by atoms with Crippen molar-refractivity contribution in [3.05, 3.63) is 11.1 Å². The first-order chi connectivity index (χ1) is 11.8. The SMILES string of the molecule is CN(CC1CCN(c2nc(C(F)(F)F)cs2)CC1)C(=O)C1CCOC1. The Bertz CT molecular complexity index is 594. The lowest BCUT2D eigenvalue weighted by atomic mass is 9.96. The molecule has 0 aliphatic carbocycles. The first kappa shape index (κ1) is 18.4. The summed E-state index contributed by atoms with van der Waals surface area (Å²) in [6.45, 7) is 3.19. The molecule has 3 rings (SSSR count). The van der Waals surface area contributed by atoms with Gasteiger partial charge < -0.3 is 14.5 Å². The fourth-order valence-corrected chi connectivity index (χ4v) is 4.25. The standard InChI is InChI=1S/C16H22F3N3O2S/c1-21(14(23)12-4-7-24-9-12)8-11-2-5-22(6-3-11)15-20-13(10-25-15)16(17,18)19/h10-12H,2-9H2,1H3. The summed E-state index contributed by atoms with van der Waals surface area (Å²) in [6, 6.07) is 0. The van der Waals surface area contributed by atoms with Crippen molar-refractivity contribution in [3.63, 3.8) is 0 Å². The van der Waals surface area contributed by atoms with Crippen LogP contribution in [0.15, 0.2) is 5.38 Å². The van der Waals surface area contributed by atoms with E-state index in [0.29, 0.717) is 43.9 Å². The van der Waals surface area contributed by atoms with E-state index in [1.165, 1.54) is 0 Å². The predicted octanol–water partition coefficient (Wildman–Crippen LogP) is 2.87. The molecule has 1 amide bonds. The first-order valence-electron chi connectivity index (χ1n) is 8.45. The van der Waals surface area contributed by atoms with Crippen LogP contribution in [0.4, 0.5) is 18.3 Å². The van der Waals surface area contributed by atoms with E-state index in [1.807, 2.05) is 11.9 Å². The summed E-state index contributed by atoms with van der Waals surface area (Å²) in [5, 5.41) is 1.50. The van der Waals surface area contributed by atoms with Crippen LogP contribution in [0, 0.1) is 11.8 Å².